The number of halogens is 1. The number of hydrogen-bond acceptors (Lipinski definition) is 4. The second kappa shape index (κ2) is 8.47. The Morgan fingerprint density at radius 3 is 2.15 bits per heavy atom. The van der Waals surface area contributed by atoms with Crippen LogP contribution in [0.5, 0.6) is 0 Å². The van der Waals surface area contributed by atoms with Gasteiger partial charge in [-0.05, 0) is 49.4 Å². The zero-order chi connectivity index (χ0) is 23.8. The minimum atomic E-state index is -0.672. The number of rotatable bonds is 3. The molecule has 0 N–H and O–H groups in total. The summed E-state index contributed by atoms with van der Waals surface area (Å²) in [6, 6.07) is 27.1. The van der Waals surface area contributed by atoms with Crippen LogP contribution in [0.25, 0.3) is 33.9 Å². The molecule has 0 saturated heterocycles. The smallest absolute Gasteiger partial charge is 0.267 e. The lowest BCUT2D eigenvalue weighted by molar-refractivity contribution is 0.828. The van der Waals surface area contributed by atoms with Gasteiger partial charge in [0.2, 0.25) is 0 Å². The van der Waals surface area contributed by atoms with Gasteiger partial charge in [0, 0.05) is 16.1 Å². The minimum absolute atomic E-state index is 0.0198. The highest BCUT2D eigenvalue weighted by molar-refractivity contribution is 6.30. The summed E-state index contributed by atoms with van der Waals surface area (Å²) in [5.74, 6) is 0. The molecule has 34 heavy (non-hydrogen) atoms. The van der Waals surface area contributed by atoms with Crippen LogP contribution < -0.4 is 11.1 Å². The van der Waals surface area contributed by atoms with E-state index in [1.54, 1.807) is 59.3 Å². The number of pyridine rings is 1. The number of aryl methyl sites for hydroxylation is 1. The zero-order valence-corrected chi connectivity index (χ0v) is 18.8. The fraction of sp³-hybridized carbons (Fsp3) is 0.0370. The molecule has 3 aromatic rings. The van der Waals surface area contributed by atoms with Crippen LogP contribution in [0.2, 0.25) is 5.02 Å². The summed E-state index contributed by atoms with van der Waals surface area (Å²) >= 11 is 6.08. The maximum absolute atomic E-state index is 13.5. The molecule has 6 nitrogen and oxygen atoms in total. The maximum Gasteiger partial charge on any atom is 0.286 e. The Hall–Kier alpha value is -4.47. The summed E-state index contributed by atoms with van der Waals surface area (Å²) in [4.78, 5) is 26.8. The molecule has 0 atom stereocenters. The van der Waals surface area contributed by atoms with Crippen LogP contribution in [-0.4, -0.2) is 14.3 Å². The van der Waals surface area contributed by atoms with Gasteiger partial charge in [-0.2, -0.15) is 10.4 Å². The fourth-order valence-electron chi connectivity index (χ4n) is 3.88. The number of aromatic nitrogens is 3. The van der Waals surface area contributed by atoms with Gasteiger partial charge in [0.1, 0.15) is 11.6 Å². The molecule has 0 bridgehead atoms. The van der Waals surface area contributed by atoms with E-state index in [-0.39, 0.29) is 16.8 Å². The molecule has 7 heteroatoms. The fourth-order valence-corrected chi connectivity index (χ4v) is 4.00. The maximum atomic E-state index is 13.5. The van der Waals surface area contributed by atoms with E-state index >= 15 is 0 Å². The Labute approximate surface area is 199 Å². The molecule has 3 aromatic carbocycles. The van der Waals surface area contributed by atoms with E-state index in [9.17, 15) is 14.9 Å². The van der Waals surface area contributed by atoms with Gasteiger partial charge in [-0.1, -0.05) is 59.6 Å². The van der Waals surface area contributed by atoms with Crippen molar-refractivity contribution in [3.63, 3.8) is 0 Å². The van der Waals surface area contributed by atoms with Crippen molar-refractivity contribution < 1.29 is 0 Å². The van der Waals surface area contributed by atoms with Crippen LogP contribution >= 0.6 is 11.6 Å². The molecule has 0 spiro atoms. The van der Waals surface area contributed by atoms with Gasteiger partial charge < -0.3 is 0 Å². The van der Waals surface area contributed by atoms with E-state index in [0.29, 0.717) is 22.1 Å². The molecule has 2 heterocycles. The Morgan fingerprint density at radius 1 is 0.853 bits per heavy atom. The van der Waals surface area contributed by atoms with Crippen molar-refractivity contribution in [1.82, 2.24) is 14.3 Å². The monoisotopic (exact) mass is 464 g/mol. The third-order valence-corrected chi connectivity index (χ3v) is 5.85. The van der Waals surface area contributed by atoms with Gasteiger partial charge in [-0.15, -0.1) is 0 Å². The molecule has 164 valence electrons. The largest absolute Gasteiger partial charge is 0.286 e. The van der Waals surface area contributed by atoms with Crippen molar-refractivity contribution in [2.24, 2.45) is 0 Å². The molecule has 0 aliphatic carbocycles. The summed E-state index contributed by atoms with van der Waals surface area (Å²) in [6.45, 7) is 1.91. The van der Waals surface area contributed by atoms with E-state index < -0.39 is 11.1 Å². The van der Waals surface area contributed by atoms with Crippen LogP contribution in [0.1, 0.15) is 11.1 Å². The van der Waals surface area contributed by atoms with Crippen LogP contribution in [0.15, 0.2) is 94.5 Å². The summed E-state index contributed by atoms with van der Waals surface area (Å²) in [6.07, 6.45) is 0. The molecular formula is C27H17ClN4O2. The van der Waals surface area contributed by atoms with E-state index in [0.717, 1.165) is 15.7 Å². The number of nitrogens with zero attached hydrogens (tertiary/aromatic N) is 4. The third kappa shape index (κ3) is 3.58. The van der Waals surface area contributed by atoms with Gasteiger partial charge in [-0.3, -0.25) is 9.59 Å². The molecule has 2 aliphatic rings. The molecule has 0 amide bonds. The Kier molecular flexibility index (Phi) is 5.33. The number of nitriles is 1. The van der Waals surface area contributed by atoms with Crippen LogP contribution in [-0.2, 0) is 0 Å². The first-order valence-corrected chi connectivity index (χ1v) is 10.9. The molecule has 0 radical (unpaired) electrons. The molecule has 0 unspecified atom stereocenters. The SMILES string of the molecule is Cc1ccc(-n2c(=O)c3nn(-c4ccc(Cl)cc4)c(-c4ccccc4)cc-3c(C#N)c2=O)cc1. The van der Waals surface area contributed by atoms with Crippen LogP contribution in [0, 0.1) is 18.3 Å². The average molecular weight is 465 g/mol. The first-order chi connectivity index (χ1) is 16.5. The topological polar surface area (TPSA) is 80.7 Å². The molecule has 0 saturated carbocycles. The van der Waals surface area contributed by atoms with Gasteiger partial charge in [-0.25, -0.2) is 9.25 Å². The second-order valence-electron chi connectivity index (χ2n) is 7.81. The predicted molar refractivity (Wildman–Crippen MR) is 132 cm³/mol. The second-order valence-corrected chi connectivity index (χ2v) is 8.25. The molecule has 2 aliphatic heterocycles. The standard InChI is InChI=1S/C27H17ClN4O2/c1-17-7-11-20(12-8-17)31-26(33)23(16-29)22-15-24(18-5-3-2-4-6-18)32(30-25(22)27(31)34)21-13-9-19(28)10-14-21/h2-15H,1H3. The van der Waals surface area contributed by atoms with E-state index in [4.69, 9.17) is 11.6 Å². The Bertz CT molecular complexity index is 1650. The van der Waals surface area contributed by atoms with Crippen molar-refractivity contribution in [1.29, 1.82) is 5.26 Å². The summed E-state index contributed by atoms with van der Waals surface area (Å²) in [5, 5.41) is 15.1. The highest BCUT2D eigenvalue weighted by atomic mass is 35.5. The number of hydrogen-bond donors (Lipinski definition) is 0. The third-order valence-electron chi connectivity index (χ3n) is 5.60. The Balaban J connectivity index is 1.91. The van der Waals surface area contributed by atoms with Crippen molar-refractivity contribution in [3.8, 4) is 40.0 Å². The predicted octanol–water partition coefficient (Wildman–Crippen LogP) is 4.99. The normalized spacial score (nSPS) is 10.9. The van der Waals surface area contributed by atoms with Crippen molar-refractivity contribution in [2.75, 3.05) is 0 Å². The van der Waals surface area contributed by atoms with E-state index in [1.165, 1.54) is 0 Å². The highest BCUT2D eigenvalue weighted by Gasteiger charge is 2.25. The van der Waals surface area contributed by atoms with Gasteiger partial charge in [0.25, 0.3) is 11.1 Å². The van der Waals surface area contributed by atoms with E-state index in [1.807, 2.05) is 43.3 Å². The van der Waals surface area contributed by atoms with Crippen molar-refractivity contribution >= 4 is 11.6 Å². The lowest BCUT2D eigenvalue weighted by Crippen LogP contribution is -2.36. The van der Waals surface area contributed by atoms with Crippen LogP contribution in [0.3, 0.4) is 0 Å². The van der Waals surface area contributed by atoms with Gasteiger partial charge in [0.05, 0.1) is 17.1 Å². The summed E-state index contributed by atoms with van der Waals surface area (Å²) < 4.78 is 2.63. The Morgan fingerprint density at radius 2 is 1.50 bits per heavy atom. The first-order valence-electron chi connectivity index (χ1n) is 10.5. The molecular weight excluding hydrogens is 448 g/mol. The molecule has 5 rings (SSSR count). The van der Waals surface area contributed by atoms with Gasteiger partial charge in [0.15, 0.2) is 5.69 Å². The lowest BCUT2D eigenvalue weighted by Gasteiger charge is -2.18. The molecule has 0 fully saturated rings. The first kappa shape index (κ1) is 21.4. The highest BCUT2D eigenvalue weighted by Crippen LogP contribution is 2.29. The summed E-state index contributed by atoms with van der Waals surface area (Å²) in [5.41, 5.74) is 2.31. The molecule has 0 aromatic heterocycles. The average Bonchev–Trinajstić information content (AvgIpc) is 2.86. The van der Waals surface area contributed by atoms with Crippen molar-refractivity contribution in [2.45, 2.75) is 6.92 Å². The van der Waals surface area contributed by atoms with Gasteiger partial charge >= 0.3 is 0 Å². The number of benzene rings is 3. The number of fused-ring (bicyclic) bond motifs is 1. The van der Waals surface area contributed by atoms with E-state index in [2.05, 4.69) is 5.10 Å². The van der Waals surface area contributed by atoms with Crippen molar-refractivity contribution in [3.05, 3.63) is 122 Å². The minimum Gasteiger partial charge on any atom is -0.267 e. The van der Waals surface area contributed by atoms with Crippen LogP contribution in [0.4, 0.5) is 0 Å². The summed E-state index contributed by atoms with van der Waals surface area (Å²) in [7, 11) is 0. The lowest BCUT2D eigenvalue weighted by atomic mass is 10.0. The zero-order valence-electron chi connectivity index (χ0n) is 18.1. The quantitative estimate of drug-likeness (QED) is 0.377.